The quantitative estimate of drug-likeness (QED) is 0.627. The van der Waals surface area contributed by atoms with Crippen molar-refractivity contribution in [2.24, 2.45) is 0 Å². The van der Waals surface area contributed by atoms with E-state index in [-0.39, 0.29) is 4.90 Å². The molecule has 0 spiro atoms. The third kappa shape index (κ3) is 4.81. The lowest BCUT2D eigenvalue weighted by Crippen LogP contribution is -2.07. The van der Waals surface area contributed by atoms with Gasteiger partial charge in [0, 0.05) is 12.2 Å². The summed E-state index contributed by atoms with van der Waals surface area (Å²) in [6.45, 7) is 2.54. The summed E-state index contributed by atoms with van der Waals surface area (Å²) in [6, 6.07) is 14.1. The van der Waals surface area contributed by atoms with Crippen molar-refractivity contribution >= 4 is 15.8 Å². The zero-order valence-corrected chi connectivity index (χ0v) is 13.6. The number of nitrogens with one attached hydrogen (secondary N) is 1. The average molecular weight is 330 g/mol. The van der Waals surface area contributed by atoms with Gasteiger partial charge in [0.25, 0.3) is 10.1 Å². The SMILES string of the molecule is Cc1ccc(S(=O)(=O)O)c(CCCNc2ccc(C#N)cc2)c1. The van der Waals surface area contributed by atoms with Crippen LogP contribution in [-0.2, 0) is 16.5 Å². The first kappa shape index (κ1) is 17.0. The van der Waals surface area contributed by atoms with Gasteiger partial charge in [-0.05, 0) is 55.7 Å². The molecule has 5 nitrogen and oxygen atoms in total. The highest BCUT2D eigenvalue weighted by atomic mass is 32.2. The maximum atomic E-state index is 11.4. The molecule has 0 bridgehead atoms. The zero-order valence-electron chi connectivity index (χ0n) is 12.8. The molecule has 2 aromatic carbocycles. The van der Waals surface area contributed by atoms with Crippen LogP contribution >= 0.6 is 0 Å². The third-order valence-corrected chi connectivity index (χ3v) is 4.41. The molecule has 0 aliphatic heterocycles. The summed E-state index contributed by atoms with van der Waals surface area (Å²) in [4.78, 5) is -0.0264. The van der Waals surface area contributed by atoms with E-state index in [1.807, 2.05) is 19.1 Å². The standard InChI is InChI=1S/C17H18N2O3S/c1-13-4-9-17(23(20,21)22)15(11-13)3-2-10-19-16-7-5-14(12-18)6-8-16/h4-9,11,19H,2-3,10H2,1H3,(H,20,21,22). The molecule has 2 aromatic rings. The average Bonchev–Trinajstić information content (AvgIpc) is 2.51. The van der Waals surface area contributed by atoms with Gasteiger partial charge in [-0.15, -0.1) is 0 Å². The molecule has 0 saturated carbocycles. The van der Waals surface area contributed by atoms with Gasteiger partial charge in [0.1, 0.15) is 0 Å². The Labute approximate surface area is 136 Å². The second-order valence-corrected chi connectivity index (χ2v) is 6.70. The Morgan fingerprint density at radius 3 is 2.48 bits per heavy atom. The molecule has 6 heteroatoms. The van der Waals surface area contributed by atoms with Crippen LogP contribution in [0.15, 0.2) is 47.4 Å². The molecule has 0 heterocycles. The Balaban J connectivity index is 1.96. The Bertz CT molecular complexity index is 822. The molecule has 0 amide bonds. The van der Waals surface area contributed by atoms with E-state index in [4.69, 9.17) is 5.26 Å². The molecule has 0 aliphatic carbocycles. The summed E-state index contributed by atoms with van der Waals surface area (Å²) in [5.41, 5.74) is 3.08. The lowest BCUT2D eigenvalue weighted by atomic mass is 10.1. The Morgan fingerprint density at radius 1 is 1.17 bits per heavy atom. The first-order valence-corrected chi connectivity index (χ1v) is 8.65. The number of anilines is 1. The molecule has 0 aromatic heterocycles. The fourth-order valence-electron chi connectivity index (χ4n) is 2.33. The van der Waals surface area contributed by atoms with Crippen molar-refractivity contribution in [2.45, 2.75) is 24.7 Å². The molecule has 2 rings (SSSR count). The molecule has 23 heavy (non-hydrogen) atoms. The van der Waals surface area contributed by atoms with Crippen molar-refractivity contribution < 1.29 is 13.0 Å². The van der Waals surface area contributed by atoms with Gasteiger partial charge in [-0.3, -0.25) is 4.55 Å². The van der Waals surface area contributed by atoms with E-state index in [0.29, 0.717) is 30.5 Å². The van der Waals surface area contributed by atoms with Crippen LogP contribution in [0.2, 0.25) is 0 Å². The first-order chi connectivity index (χ1) is 10.9. The number of hydrogen-bond donors (Lipinski definition) is 2. The van der Waals surface area contributed by atoms with Crippen molar-refractivity contribution in [3.05, 3.63) is 59.2 Å². The van der Waals surface area contributed by atoms with Crippen LogP contribution in [0.25, 0.3) is 0 Å². The van der Waals surface area contributed by atoms with Gasteiger partial charge < -0.3 is 5.32 Å². The van der Waals surface area contributed by atoms with Crippen LogP contribution in [0.5, 0.6) is 0 Å². The second-order valence-electron chi connectivity index (χ2n) is 5.31. The van der Waals surface area contributed by atoms with E-state index in [9.17, 15) is 13.0 Å². The maximum absolute atomic E-state index is 11.4. The zero-order chi connectivity index (χ0) is 16.9. The summed E-state index contributed by atoms with van der Waals surface area (Å²) in [7, 11) is -4.20. The molecule has 0 saturated heterocycles. The topological polar surface area (TPSA) is 90.2 Å². The molecule has 0 atom stereocenters. The van der Waals surface area contributed by atoms with E-state index in [2.05, 4.69) is 11.4 Å². The van der Waals surface area contributed by atoms with Gasteiger partial charge in [0.15, 0.2) is 0 Å². The van der Waals surface area contributed by atoms with Gasteiger partial charge in [-0.1, -0.05) is 17.7 Å². The Kier molecular flexibility index (Phi) is 5.37. The summed E-state index contributed by atoms with van der Waals surface area (Å²) in [6.07, 6.45) is 1.26. The molecule has 0 radical (unpaired) electrons. The highest BCUT2D eigenvalue weighted by molar-refractivity contribution is 7.85. The van der Waals surface area contributed by atoms with Crippen molar-refractivity contribution in [3.63, 3.8) is 0 Å². The Morgan fingerprint density at radius 2 is 1.87 bits per heavy atom. The van der Waals surface area contributed by atoms with E-state index < -0.39 is 10.1 Å². The van der Waals surface area contributed by atoms with Crippen LogP contribution in [0.4, 0.5) is 5.69 Å². The van der Waals surface area contributed by atoms with Gasteiger partial charge in [-0.2, -0.15) is 13.7 Å². The predicted molar refractivity (Wildman–Crippen MR) is 89.0 cm³/mol. The third-order valence-electron chi connectivity index (χ3n) is 3.46. The largest absolute Gasteiger partial charge is 0.385 e. The molecule has 120 valence electrons. The summed E-state index contributed by atoms with van der Waals surface area (Å²) in [5.74, 6) is 0. The summed E-state index contributed by atoms with van der Waals surface area (Å²) >= 11 is 0. The number of benzene rings is 2. The van der Waals surface area contributed by atoms with E-state index in [1.54, 1.807) is 24.3 Å². The molecular formula is C17H18N2O3S. The summed E-state index contributed by atoms with van der Waals surface area (Å²) in [5, 5.41) is 12.0. The number of nitriles is 1. The fraction of sp³-hybridized carbons (Fsp3) is 0.235. The maximum Gasteiger partial charge on any atom is 0.294 e. The highest BCUT2D eigenvalue weighted by Crippen LogP contribution is 2.19. The summed E-state index contributed by atoms with van der Waals surface area (Å²) < 4.78 is 32.1. The van der Waals surface area contributed by atoms with E-state index in [1.165, 1.54) is 6.07 Å². The minimum Gasteiger partial charge on any atom is -0.385 e. The van der Waals surface area contributed by atoms with E-state index in [0.717, 1.165) is 11.3 Å². The molecule has 0 unspecified atom stereocenters. The van der Waals surface area contributed by atoms with Gasteiger partial charge in [0.05, 0.1) is 16.5 Å². The van der Waals surface area contributed by atoms with Crippen molar-refractivity contribution in [1.29, 1.82) is 5.26 Å². The van der Waals surface area contributed by atoms with Crippen LogP contribution in [0, 0.1) is 18.3 Å². The lowest BCUT2D eigenvalue weighted by Gasteiger charge is -2.10. The Hall–Kier alpha value is -2.36. The minimum atomic E-state index is -4.20. The van der Waals surface area contributed by atoms with Crippen molar-refractivity contribution in [2.75, 3.05) is 11.9 Å². The minimum absolute atomic E-state index is 0.0264. The number of rotatable bonds is 6. The number of hydrogen-bond acceptors (Lipinski definition) is 4. The van der Waals surface area contributed by atoms with E-state index >= 15 is 0 Å². The highest BCUT2D eigenvalue weighted by Gasteiger charge is 2.14. The molecule has 0 fully saturated rings. The van der Waals surface area contributed by atoms with Crippen molar-refractivity contribution in [3.8, 4) is 6.07 Å². The number of nitrogens with zero attached hydrogens (tertiary/aromatic N) is 1. The van der Waals surface area contributed by atoms with Crippen LogP contribution in [-0.4, -0.2) is 19.5 Å². The smallest absolute Gasteiger partial charge is 0.294 e. The number of aryl methyl sites for hydroxylation is 2. The van der Waals surface area contributed by atoms with Gasteiger partial charge in [-0.25, -0.2) is 0 Å². The molecule has 2 N–H and O–H groups in total. The van der Waals surface area contributed by atoms with Gasteiger partial charge >= 0.3 is 0 Å². The monoisotopic (exact) mass is 330 g/mol. The van der Waals surface area contributed by atoms with Gasteiger partial charge in [0.2, 0.25) is 0 Å². The van der Waals surface area contributed by atoms with Crippen LogP contribution in [0.1, 0.15) is 23.1 Å². The molecular weight excluding hydrogens is 312 g/mol. The predicted octanol–water partition coefficient (Wildman–Crippen LogP) is 3.16. The van der Waals surface area contributed by atoms with Crippen molar-refractivity contribution in [1.82, 2.24) is 0 Å². The van der Waals surface area contributed by atoms with Crippen LogP contribution in [0.3, 0.4) is 0 Å². The first-order valence-electron chi connectivity index (χ1n) is 7.21. The second kappa shape index (κ2) is 7.27. The fourth-order valence-corrected chi connectivity index (χ4v) is 3.06. The van der Waals surface area contributed by atoms with Crippen LogP contribution < -0.4 is 5.32 Å². The molecule has 0 aliphatic rings. The normalized spacial score (nSPS) is 11.0. The lowest BCUT2D eigenvalue weighted by molar-refractivity contribution is 0.482.